The standard InChI is InChI=1S/C10H10FN3OS2/c11-7-3-1-6(2-4-7)8(15)5-16-10-14-13-9(12)17-10/h1-4,8,15H,5H2,(H2,12,13)/t8-/m0/s1. The van der Waals surface area contributed by atoms with E-state index in [4.69, 9.17) is 5.73 Å². The monoisotopic (exact) mass is 271 g/mol. The van der Waals surface area contributed by atoms with Crippen LogP contribution >= 0.6 is 23.1 Å². The maximum atomic E-state index is 12.7. The summed E-state index contributed by atoms with van der Waals surface area (Å²) in [5, 5.41) is 17.8. The second kappa shape index (κ2) is 5.44. The molecule has 0 aliphatic rings. The van der Waals surface area contributed by atoms with E-state index in [2.05, 4.69) is 10.2 Å². The van der Waals surface area contributed by atoms with Crippen LogP contribution in [0.4, 0.5) is 9.52 Å². The van der Waals surface area contributed by atoms with E-state index in [1.165, 1.54) is 35.2 Å². The van der Waals surface area contributed by atoms with Gasteiger partial charge in [-0.1, -0.05) is 35.2 Å². The van der Waals surface area contributed by atoms with Gasteiger partial charge in [-0.15, -0.1) is 10.2 Å². The van der Waals surface area contributed by atoms with Crippen molar-refractivity contribution in [1.29, 1.82) is 0 Å². The Morgan fingerprint density at radius 1 is 1.35 bits per heavy atom. The number of rotatable bonds is 4. The number of hydrogen-bond donors (Lipinski definition) is 2. The SMILES string of the molecule is Nc1nnc(SC[C@H](O)c2ccc(F)cc2)s1. The first-order valence-electron chi connectivity index (χ1n) is 4.80. The van der Waals surface area contributed by atoms with Gasteiger partial charge in [0.25, 0.3) is 0 Å². The van der Waals surface area contributed by atoms with Gasteiger partial charge in [-0.2, -0.15) is 0 Å². The minimum absolute atomic E-state index is 0.314. The third kappa shape index (κ3) is 3.39. The second-order valence-corrected chi connectivity index (χ2v) is 5.56. The molecule has 2 rings (SSSR count). The third-order valence-corrected chi connectivity index (χ3v) is 4.00. The van der Waals surface area contributed by atoms with E-state index in [1.807, 2.05) is 0 Å². The van der Waals surface area contributed by atoms with Gasteiger partial charge in [0.1, 0.15) is 5.82 Å². The molecule has 4 nitrogen and oxygen atoms in total. The largest absolute Gasteiger partial charge is 0.388 e. The first-order valence-corrected chi connectivity index (χ1v) is 6.60. The fourth-order valence-electron chi connectivity index (χ4n) is 1.21. The predicted molar refractivity (Wildman–Crippen MR) is 66.4 cm³/mol. The summed E-state index contributed by atoms with van der Waals surface area (Å²) in [4.78, 5) is 0. The first-order chi connectivity index (χ1) is 8.15. The van der Waals surface area contributed by atoms with Gasteiger partial charge in [0.15, 0.2) is 4.34 Å². The number of halogens is 1. The van der Waals surface area contributed by atoms with Crippen molar-refractivity contribution in [3.63, 3.8) is 0 Å². The molecule has 2 aromatic rings. The van der Waals surface area contributed by atoms with Crippen LogP contribution in [-0.4, -0.2) is 21.1 Å². The van der Waals surface area contributed by atoms with Crippen LogP contribution in [0.3, 0.4) is 0 Å². The minimum Gasteiger partial charge on any atom is -0.388 e. The molecule has 0 aliphatic heterocycles. The molecule has 0 aliphatic carbocycles. The Morgan fingerprint density at radius 2 is 2.06 bits per heavy atom. The molecule has 0 saturated heterocycles. The number of nitrogens with zero attached hydrogens (tertiary/aromatic N) is 2. The zero-order chi connectivity index (χ0) is 12.3. The lowest BCUT2D eigenvalue weighted by molar-refractivity contribution is 0.204. The quantitative estimate of drug-likeness (QED) is 0.833. The maximum Gasteiger partial charge on any atom is 0.203 e. The normalized spacial score (nSPS) is 12.6. The molecule has 0 unspecified atom stereocenters. The number of aliphatic hydroxyl groups excluding tert-OH is 1. The van der Waals surface area contributed by atoms with Crippen LogP contribution in [0.5, 0.6) is 0 Å². The summed E-state index contributed by atoms with van der Waals surface area (Å²) < 4.78 is 13.4. The predicted octanol–water partition coefficient (Wildman–Crippen LogP) is 2.09. The zero-order valence-corrected chi connectivity index (χ0v) is 10.3. The lowest BCUT2D eigenvalue weighted by Crippen LogP contribution is -2.00. The number of anilines is 1. The van der Waals surface area contributed by atoms with Crippen LogP contribution in [0.2, 0.25) is 0 Å². The molecule has 3 N–H and O–H groups in total. The Morgan fingerprint density at radius 3 is 2.65 bits per heavy atom. The van der Waals surface area contributed by atoms with E-state index in [0.29, 0.717) is 20.8 Å². The summed E-state index contributed by atoms with van der Waals surface area (Å²) in [6.45, 7) is 0. The lowest BCUT2D eigenvalue weighted by atomic mass is 10.1. The van der Waals surface area contributed by atoms with Crippen molar-refractivity contribution in [2.75, 3.05) is 11.5 Å². The summed E-state index contributed by atoms with van der Waals surface area (Å²) in [5.74, 6) is 0.116. The Labute approximate surface area is 106 Å². The molecule has 90 valence electrons. The van der Waals surface area contributed by atoms with Crippen LogP contribution in [0.1, 0.15) is 11.7 Å². The van der Waals surface area contributed by atoms with Crippen LogP contribution < -0.4 is 5.73 Å². The Kier molecular flexibility index (Phi) is 3.93. The summed E-state index contributed by atoms with van der Waals surface area (Å²) in [6, 6.07) is 5.78. The number of nitrogen functional groups attached to an aromatic ring is 1. The molecule has 1 aromatic carbocycles. The first kappa shape index (κ1) is 12.3. The third-order valence-electron chi connectivity index (χ3n) is 2.04. The molecule has 1 aromatic heterocycles. The molecular formula is C10H10FN3OS2. The highest BCUT2D eigenvalue weighted by molar-refractivity contribution is 8.01. The van der Waals surface area contributed by atoms with Gasteiger partial charge in [-0.25, -0.2) is 4.39 Å². The minimum atomic E-state index is -0.661. The van der Waals surface area contributed by atoms with Crippen molar-refractivity contribution in [2.24, 2.45) is 0 Å². The van der Waals surface area contributed by atoms with Crippen molar-refractivity contribution >= 4 is 28.2 Å². The number of benzene rings is 1. The van der Waals surface area contributed by atoms with E-state index in [-0.39, 0.29) is 5.82 Å². The average molecular weight is 271 g/mol. The number of hydrogen-bond acceptors (Lipinski definition) is 6. The summed E-state index contributed by atoms with van der Waals surface area (Å²) >= 11 is 2.64. The Hall–Kier alpha value is -1.18. The molecule has 0 bridgehead atoms. The molecule has 0 radical (unpaired) electrons. The fraction of sp³-hybridized carbons (Fsp3) is 0.200. The Balaban J connectivity index is 1.93. The van der Waals surface area contributed by atoms with Crippen molar-refractivity contribution < 1.29 is 9.50 Å². The van der Waals surface area contributed by atoms with Gasteiger partial charge in [-0.05, 0) is 17.7 Å². The average Bonchev–Trinajstić information content (AvgIpc) is 2.73. The highest BCUT2D eigenvalue weighted by Crippen LogP contribution is 2.27. The molecule has 7 heteroatoms. The summed E-state index contributed by atoms with van der Waals surface area (Å²) in [5.41, 5.74) is 6.12. The molecule has 0 amide bonds. The summed E-state index contributed by atoms with van der Waals surface area (Å²) in [7, 11) is 0. The second-order valence-electron chi connectivity index (χ2n) is 3.28. The van der Waals surface area contributed by atoms with Gasteiger partial charge in [0.05, 0.1) is 6.10 Å². The van der Waals surface area contributed by atoms with Crippen molar-refractivity contribution in [1.82, 2.24) is 10.2 Å². The topological polar surface area (TPSA) is 72.0 Å². The number of aliphatic hydroxyl groups is 1. The number of nitrogens with two attached hydrogens (primary N) is 1. The van der Waals surface area contributed by atoms with E-state index in [1.54, 1.807) is 12.1 Å². The van der Waals surface area contributed by atoms with Crippen molar-refractivity contribution in [2.45, 2.75) is 10.4 Å². The fourth-order valence-corrected chi connectivity index (χ4v) is 2.84. The van der Waals surface area contributed by atoms with Gasteiger partial charge >= 0.3 is 0 Å². The molecule has 17 heavy (non-hydrogen) atoms. The molecule has 1 atom stereocenters. The van der Waals surface area contributed by atoms with E-state index >= 15 is 0 Å². The van der Waals surface area contributed by atoms with E-state index < -0.39 is 6.10 Å². The van der Waals surface area contributed by atoms with Crippen LogP contribution in [0, 0.1) is 5.82 Å². The highest BCUT2D eigenvalue weighted by atomic mass is 32.2. The number of thioether (sulfide) groups is 1. The van der Waals surface area contributed by atoms with Gasteiger partial charge in [-0.3, -0.25) is 0 Å². The highest BCUT2D eigenvalue weighted by Gasteiger charge is 2.10. The van der Waals surface area contributed by atoms with Gasteiger partial charge in [0.2, 0.25) is 5.13 Å². The van der Waals surface area contributed by atoms with Crippen LogP contribution in [0.25, 0.3) is 0 Å². The molecule has 0 fully saturated rings. The molecular weight excluding hydrogens is 261 g/mol. The van der Waals surface area contributed by atoms with Gasteiger partial charge < -0.3 is 10.8 Å². The number of aromatic nitrogens is 2. The van der Waals surface area contributed by atoms with E-state index in [0.717, 1.165) is 0 Å². The molecule has 0 saturated carbocycles. The molecule has 0 spiro atoms. The van der Waals surface area contributed by atoms with Crippen molar-refractivity contribution in [3.8, 4) is 0 Å². The zero-order valence-electron chi connectivity index (χ0n) is 8.71. The van der Waals surface area contributed by atoms with Crippen LogP contribution in [-0.2, 0) is 0 Å². The maximum absolute atomic E-state index is 12.7. The van der Waals surface area contributed by atoms with E-state index in [9.17, 15) is 9.50 Å². The van der Waals surface area contributed by atoms with Crippen molar-refractivity contribution in [3.05, 3.63) is 35.6 Å². The smallest absolute Gasteiger partial charge is 0.203 e. The lowest BCUT2D eigenvalue weighted by Gasteiger charge is -2.08. The van der Waals surface area contributed by atoms with Crippen LogP contribution in [0.15, 0.2) is 28.6 Å². The van der Waals surface area contributed by atoms with Gasteiger partial charge in [0, 0.05) is 5.75 Å². The Bertz CT molecular complexity index is 489. The summed E-state index contributed by atoms with van der Waals surface area (Å²) in [6.07, 6.45) is -0.661. The molecule has 1 heterocycles.